The SMILES string of the molecule is COc1cccc(OC)c1C(=O)c1c(Cl)cnn1C. The second-order valence-electron chi connectivity index (χ2n) is 3.83. The monoisotopic (exact) mass is 280 g/mol. The maximum atomic E-state index is 12.6. The quantitative estimate of drug-likeness (QED) is 0.807. The summed E-state index contributed by atoms with van der Waals surface area (Å²) in [5.74, 6) is 0.572. The molecule has 0 aliphatic rings. The van der Waals surface area contributed by atoms with Gasteiger partial charge < -0.3 is 9.47 Å². The first-order chi connectivity index (χ1) is 9.10. The van der Waals surface area contributed by atoms with Crippen LogP contribution >= 0.6 is 11.6 Å². The number of hydrogen-bond donors (Lipinski definition) is 0. The number of hydrogen-bond acceptors (Lipinski definition) is 4. The molecule has 19 heavy (non-hydrogen) atoms. The third-order valence-corrected chi connectivity index (χ3v) is 3.04. The number of carbonyl (C=O) groups is 1. The number of aryl methyl sites for hydroxylation is 1. The van der Waals surface area contributed by atoms with Crippen molar-refractivity contribution in [2.24, 2.45) is 7.05 Å². The minimum Gasteiger partial charge on any atom is -0.496 e. The molecule has 0 unspecified atom stereocenters. The number of methoxy groups -OCH3 is 2. The lowest BCUT2D eigenvalue weighted by atomic mass is 10.1. The summed E-state index contributed by atoms with van der Waals surface area (Å²) in [5.41, 5.74) is 0.627. The largest absolute Gasteiger partial charge is 0.496 e. The standard InChI is InChI=1S/C13H13ClN2O3/c1-16-12(8(14)7-15-16)13(17)11-9(18-2)5-4-6-10(11)19-3/h4-7H,1-3H3. The summed E-state index contributed by atoms with van der Waals surface area (Å²) >= 11 is 6.00. The average Bonchev–Trinajstić information content (AvgIpc) is 2.76. The normalized spacial score (nSPS) is 10.3. The predicted octanol–water partition coefficient (Wildman–Crippen LogP) is 2.32. The topological polar surface area (TPSA) is 53.4 Å². The Morgan fingerprint density at radius 3 is 2.26 bits per heavy atom. The summed E-state index contributed by atoms with van der Waals surface area (Å²) in [7, 11) is 4.65. The highest BCUT2D eigenvalue weighted by molar-refractivity contribution is 6.34. The summed E-state index contributed by atoms with van der Waals surface area (Å²) in [6, 6.07) is 5.14. The lowest BCUT2D eigenvalue weighted by Gasteiger charge is -2.12. The summed E-state index contributed by atoms with van der Waals surface area (Å²) in [4.78, 5) is 12.6. The lowest BCUT2D eigenvalue weighted by molar-refractivity contribution is 0.102. The van der Waals surface area contributed by atoms with E-state index >= 15 is 0 Å². The van der Waals surface area contributed by atoms with Gasteiger partial charge in [0.25, 0.3) is 0 Å². The number of halogens is 1. The van der Waals surface area contributed by atoms with E-state index in [2.05, 4.69) is 5.10 Å². The molecule has 100 valence electrons. The molecule has 0 aliphatic heterocycles. The molecule has 0 radical (unpaired) electrons. The number of nitrogens with zero attached hydrogens (tertiary/aromatic N) is 2. The maximum Gasteiger partial charge on any atom is 0.220 e. The minimum absolute atomic E-state index is 0.292. The van der Waals surface area contributed by atoms with Gasteiger partial charge in [-0.15, -0.1) is 0 Å². The van der Waals surface area contributed by atoms with Gasteiger partial charge in [0.05, 0.1) is 25.4 Å². The summed E-state index contributed by atoms with van der Waals surface area (Å²) in [6.45, 7) is 0. The predicted molar refractivity (Wildman–Crippen MR) is 71.2 cm³/mol. The van der Waals surface area contributed by atoms with Gasteiger partial charge in [-0.3, -0.25) is 9.48 Å². The van der Waals surface area contributed by atoms with Crippen LogP contribution in [-0.4, -0.2) is 29.8 Å². The number of aromatic nitrogens is 2. The molecule has 0 atom stereocenters. The van der Waals surface area contributed by atoms with Crippen molar-refractivity contribution in [1.29, 1.82) is 0 Å². The first-order valence-corrected chi connectivity index (χ1v) is 5.91. The van der Waals surface area contributed by atoms with Crippen molar-refractivity contribution < 1.29 is 14.3 Å². The molecule has 0 saturated carbocycles. The highest BCUT2D eigenvalue weighted by Gasteiger charge is 2.24. The molecule has 0 spiro atoms. The van der Waals surface area contributed by atoms with Crippen molar-refractivity contribution >= 4 is 17.4 Å². The molecule has 0 amide bonds. The van der Waals surface area contributed by atoms with Crippen molar-refractivity contribution in [3.8, 4) is 11.5 Å². The van der Waals surface area contributed by atoms with Gasteiger partial charge in [-0.05, 0) is 12.1 Å². The van der Waals surface area contributed by atoms with Crippen molar-refractivity contribution in [3.63, 3.8) is 0 Å². The molecule has 1 aromatic heterocycles. The second-order valence-corrected chi connectivity index (χ2v) is 4.24. The highest BCUT2D eigenvalue weighted by atomic mass is 35.5. The first kappa shape index (κ1) is 13.4. The van der Waals surface area contributed by atoms with E-state index in [0.29, 0.717) is 27.8 Å². The molecule has 5 nitrogen and oxygen atoms in total. The van der Waals surface area contributed by atoms with Crippen molar-refractivity contribution in [2.75, 3.05) is 14.2 Å². The van der Waals surface area contributed by atoms with Gasteiger partial charge in [0, 0.05) is 7.05 Å². The summed E-state index contributed by atoms with van der Waals surface area (Å²) < 4.78 is 11.9. The van der Waals surface area contributed by atoms with Gasteiger partial charge in [0.1, 0.15) is 22.8 Å². The molecule has 2 aromatic rings. The number of rotatable bonds is 4. The lowest BCUT2D eigenvalue weighted by Crippen LogP contribution is -2.11. The Balaban J connectivity index is 2.61. The van der Waals surface area contributed by atoms with Gasteiger partial charge in [-0.1, -0.05) is 17.7 Å². The highest BCUT2D eigenvalue weighted by Crippen LogP contribution is 2.32. The van der Waals surface area contributed by atoms with E-state index in [1.165, 1.54) is 25.1 Å². The molecule has 0 saturated heterocycles. The smallest absolute Gasteiger partial charge is 0.220 e. The molecule has 0 bridgehead atoms. The van der Waals surface area contributed by atoms with Crippen molar-refractivity contribution in [1.82, 2.24) is 9.78 Å². The van der Waals surface area contributed by atoms with Crippen LogP contribution in [0, 0.1) is 0 Å². The molecule has 0 fully saturated rings. The first-order valence-electron chi connectivity index (χ1n) is 5.53. The fraction of sp³-hybridized carbons (Fsp3) is 0.231. The molecule has 0 N–H and O–H groups in total. The van der Waals surface area contributed by atoms with E-state index < -0.39 is 0 Å². The van der Waals surface area contributed by atoms with Crippen LogP contribution < -0.4 is 9.47 Å². The summed E-state index contributed by atoms with van der Waals surface area (Å²) in [6.07, 6.45) is 1.43. The number of benzene rings is 1. The van der Waals surface area contributed by atoms with Crippen LogP contribution in [0.5, 0.6) is 11.5 Å². The fourth-order valence-corrected chi connectivity index (χ4v) is 2.11. The number of ether oxygens (including phenoxy) is 2. The zero-order chi connectivity index (χ0) is 14.0. The van der Waals surface area contributed by atoms with E-state index in [0.717, 1.165) is 0 Å². The average molecular weight is 281 g/mol. The third kappa shape index (κ3) is 2.29. The van der Waals surface area contributed by atoms with Crippen LogP contribution in [0.1, 0.15) is 16.1 Å². The third-order valence-electron chi connectivity index (χ3n) is 2.76. The van der Waals surface area contributed by atoms with E-state index in [-0.39, 0.29) is 5.78 Å². The fourth-order valence-electron chi connectivity index (χ4n) is 1.86. The Hall–Kier alpha value is -2.01. The van der Waals surface area contributed by atoms with Crippen LogP contribution in [0.15, 0.2) is 24.4 Å². The van der Waals surface area contributed by atoms with Crippen molar-refractivity contribution in [3.05, 3.63) is 40.7 Å². The second kappa shape index (κ2) is 5.32. The van der Waals surface area contributed by atoms with E-state index in [1.54, 1.807) is 25.2 Å². The molecule has 6 heteroatoms. The minimum atomic E-state index is -0.292. The molecular weight excluding hydrogens is 268 g/mol. The zero-order valence-electron chi connectivity index (χ0n) is 10.8. The molecule has 1 heterocycles. The van der Waals surface area contributed by atoms with Crippen LogP contribution in [0.3, 0.4) is 0 Å². The Morgan fingerprint density at radius 1 is 1.26 bits per heavy atom. The van der Waals surface area contributed by atoms with Crippen molar-refractivity contribution in [2.45, 2.75) is 0 Å². The Morgan fingerprint density at radius 2 is 1.84 bits per heavy atom. The zero-order valence-corrected chi connectivity index (χ0v) is 11.6. The van der Waals surface area contributed by atoms with Gasteiger partial charge in [-0.2, -0.15) is 5.10 Å². The van der Waals surface area contributed by atoms with E-state index in [1.807, 2.05) is 0 Å². The van der Waals surface area contributed by atoms with Crippen LogP contribution in [-0.2, 0) is 7.05 Å². The van der Waals surface area contributed by atoms with Crippen LogP contribution in [0.2, 0.25) is 5.02 Å². The van der Waals surface area contributed by atoms with E-state index in [9.17, 15) is 4.79 Å². The Kier molecular flexibility index (Phi) is 3.76. The number of ketones is 1. The molecular formula is C13H13ClN2O3. The van der Waals surface area contributed by atoms with Crippen LogP contribution in [0.4, 0.5) is 0 Å². The maximum absolute atomic E-state index is 12.6. The van der Waals surface area contributed by atoms with Gasteiger partial charge in [-0.25, -0.2) is 0 Å². The Labute approximate surface area is 115 Å². The van der Waals surface area contributed by atoms with Gasteiger partial charge >= 0.3 is 0 Å². The van der Waals surface area contributed by atoms with E-state index in [4.69, 9.17) is 21.1 Å². The summed E-state index contributed by atoms with van der Waals surface area (Å²) in [5, 5.41) is 4.25. The van der Waals surface area contributed by atoms with Gasteiger partial charge in [0.15, 0.2) is 0 Å². The molecule has 2 rings (SSSR count). The molecule has 1 aromatic carbocycles. The van der Waals surface area contributed by atoms with Crippen LogP contribution in [0.25, 0.3) is 0 Å². The molecule has 0 aliphatic carbocycles. The van der Waals surface area contributed by atoms with Gasteiger partial charge in [0.2, 0.25) is 5.78 Å². The number of carbonyl (C=O) groups excluding carboxylic acids is 1. The Bertz CT molecular complexity index is 581.